The quantitative estimate of drug-likeness (QED) is 0.705. The van der Waals surface area contributed by atoms with Crippen LogP contribution in [0.4, 0.5) is 11.4 Å². The minimum Gasteiger partial charge on any atom is -0.493 e. The summed E-state index contributed by atoms with van der Waals surface area (Å²) in [5, 5.41) is 2.94. The van der Waals surface area contributed by atoms with E-state index in [1.54, 1.807) is 26.4 Å². The van der Waals surface area contributed by atoms with Gasteiger partial charge >= 0.3 is 0 Å². The molecule has 1 unspecified atom stereocenters. The highest BCUT2D eigenvalue weighted by Crippen LogP contribution is 2.29. The van der Waals surface area contributed by atoms with Crippen LogP contribution in [0.3, 0.4) is 0 Å². The average Bonchev–Trinajstić information content (AvgIpc) is 2.67. The lowest BCUT2D eigenvalue weighted by atomic mass is 10.2. The molecule has 0 aliphatic rings. The van der Waals surface area contributed by atoms with E-state index in [0.29, 0.717) is 23.7 Å². The number of nitrogens with one attached hydrogen (secondary N) is 2. The number of amides is 1. The fourth-order valence-electron chi connectivity index (χ4n) is 2.86. The number of hydrogen-bond acceptors (Lipinski definition) is 4. The standard InChI is InChI=1S/C21H29N3O3/c1-6-24(14-16-7-10-18(11-8-16)23(2)3)15-21(25)22-17-9-12-19(26-4)20(13-17)27-5/h7-13H,6,14-15H2,1-5H3,(H,22,25)/p+1. The number of nitrogens with zero attached hydrogens (tertiary/aromatic N) is 1. The van der Waals surface area contributed by atoms with Crippen molar-refractivity contribution in [3.05, 3.63) is 48.0 Å². The maximum Gasteiger partial charge on any atom is 0.279 e. The molecule has 0 fully saturated rings. The molecule has 0 radical (unpaired) electrons. The van der Waals surface area contributed by atoms with E-state index in [4.69, 9.17) is 9.47 Å². The molecular formula is C21H30N3O3+. The van der Waals surface area contributed by atoms with Crippen molar-refractivity contribution >= 4 is 17.3 Å². The van der Waals surface area contributed by atoms with Gasteiger partial charge in [-0.3, -0.25) is 4.79 Å². The van der Waals surface area contributed by atoms with E-state index in [9.17, 15) is 4.79 Å². The summed E-state index contributed by atoms with van der Waals surface area (Å²) in [7, 11) is 7.21. The number of rotatable bonds is 9. The summed E-state index contributed by atoms with van der Waals surface area (Å²) >= 11 is 0. The molecule has 0 aliphatic carbocycles. The smallest absolute Gasteiger partial charge is 0.279 e. The van der Waals surface area contributed by atoms with Crippen LogP contribution in [-0.2, 0) is 11.3 Å². The summed E-state index contributed by atoms with van der Waals surface area (Å²) in [5.41, 5.74) is 3.09. The van der Waals surface area contributed by atoms with Crippen LogP contribution in [0.15, 0.2) is 42.5 Å². The number of quaternary nitrogens is 1. The summed E-state index contributed by atoms with van der Waals surface area (Å²) in [5.74, 6) is 1.21. The Balaban J connectivity index is 1.96. The molecule has 0 heterocycles. The average molecular weight is 372 g/mol. The molecule has 0 aliphatic heterocycles. The first-order chi connectivity index (χ1) is 13.0. The molecule has 0 saturated heterocycles. The zero-order valence-corrected chi connectivity index (χ0v) is 16.8. The molecule has 2 N–H and O–H groups in total. The van der Waals surface area contributed by atoms with Crippen molar-refractivity contribution in [2.75, 3.05) is 51.6 Å². The maximum absolute atomic E-state index is 12.5. The summed E-state index contributed by atoms with van der Waals surface area (Å²) in [6, 6.07) is 13.8. The Morgan fingerprint density at radius 1 is 1.04 bits per heavy atom. The Kier molecular flexibility index (Phi) is 7.49. The van der Waals surface area contributed by atoms with Gasteiger partial charge in [-0.25, -0.2) is 0 Å². The van der Waals surface area contributed by atoms with Gasteiger partial charge < -0.3 is 24.6 Å². The van der Waals surface area contributed by atoms with E-state index in [0.717, 1.165) is 13.1 Å². The Morgan fingerprint density at radius 3 is 2.26 bits per heavy atom. The normalized spacial score (nSPS) is 11.6. The first-order valence-electron chi connectivity index (χ1n) is 9.08. The molecule has 2 rings (SSSR count). The van der Waals surface area contributed by atoms with Gasteiger partial charge in [0.15, 0.2) is 18.0 Å². The lowest BCUT2D eigenvalue weighted by Gasteiger charge is -2.18. The lowest BCUT2D eigenvalue weighted by Crippen LogP contribution is -3.11. The highest BCUT2D eigenvalue weighted by atomic mass is 16.5. The number of carbonyl (C=O) groups is 1. The molecule has 2 aromatic carbocycles. The molecule has 1 amide bonds. The van der Waals surface area contributed by atoms with Crippen LogP contribution in [-0.4, -0.2) is 47.3 Å². The Bertz CT molecular complexity index is 745. The van der Waals surface area contributed by atoms with Crippen molar-refractivity contribution in [3.63, 3.8) is 0 Å². The van der Waals surface area contributed by atoms with Crippen molar-refractivity contribution in [2.24, 2.45) is 0 Å². The summed E-state index contributed by atoms with van der Waals surface area (Å²) in [6.07, 6.45) is 0. The van der Waals surface area contributed by atoms with Gasteiger partial charge in [-0.05, 0) is 31.2 Å². The van der Waals surface area contributed by atoms with E-state index in [2.05, 4.69) is 41.4 Å². The number of carbonyl (C=O) groups excluding carboxylic acids is 1. The fraction of sp³-hybridized carbons (Fsp3) is 0.381. The van der Waals surface area contributed by atoms with Gasteiger partial charge in [0.25, 0.3) is 5.91 Å². The van der Waals surface area contributed by atoms with Crippen molar-refractivity contribution < 1.29 is 19.2 Å². The predicted molar refractivity (Wildman–Crippen MR) is 109 cm³/mol. The molecule has 6 nitrogen and oxygen atoms in total. The van der Waals surface area contributed by atoms with Crippen LogP contribution < -0.4 is 24.6 Å². The summed E-state index contributed by atoms with van der Waals surface area (Å²) in [4.78, 5) is 15.7. The molecular weight excluding hydrogens is 342 g/mol. The minimum absolute atomic E-state index is 0.0241. The topological polar surface area (TPSA) is 55.2 Å². The first kappa shape index (κ1) is 20.6. The van der Waals surface area contributed by atoms with Gasteiger partial charge in [0, 0.05) is 37.1 Å². The monoisotopic (exact) mass is 372 g/mol. The summed E-state index contributed by atoms with van der Waals surface area (Å²) < 4.78 is 10.5. The van der Waals surface area contributed by atoms with Crippen molar-refractivity contribution in [1.82, 2.24) is 0 Å². The zero-order valence-electron chi connectivity index (χ0n) is 16.8. The third-order valence-electron chi connectivity index (χ3n) is 4.48. The number of hydrogen-bond donors (Lipinski definition) is 2. The lowest BCUT2D eigenvalue weighted by molar-refractivity contribution is -0.903. The Labute approximate surface area is 161 Å². The van der Waals surface area contributed by atoms with Gasteiger partial charge in [-0.1, -0.05) is 12.1 Å². The van der Waals surface area contributed by atoms with E-state index < -0.39 is 0 Å². The highest BCUT2D eigenvalue weighted by molar-refractivity contribution is 5.91. The molecule has 0 saturated carbocycles. The van der Waals surface area contributed by atoms with Crippen LogP contribution in [0.1, 0.15) is 12.5 Å². The maximum atomic E-state index is 12.5. The first-order valence-corrected chi connectivity index (χ1v) is 9.08. The zero-order chi connectivity index (χ0) is 19.8. The third-order valence-corrected chi connectivity index (χ3v) is 4.48. The van der Waals surface area contributed by atoms with E-state index >= 15 is 0 Å². The van der Waals surface area contributed by atoms with Crippen LogP contribution in [0.5, 0.6) is 11.5 Å². The van der Waals surface area contributed by atoms with Crippen molar-refractivity contribution in [2.45, 2.75) is 13.5 Å². The second-order valence-corrected chi connectivity index (χ2v) is 6.64. The van der Waals surface area contributed by atoms with Gasteiger partial charge in [0.2, 0.25) is 0 Å². The van der Waals surface area contributed by atoms with E-state index in [-0.39, 0.29) is 5.91 Å². The number of benzene rings is 2. The molecule has 0 aromatic heterocycles. The molecule has 1 atom stereocenters. The third kappa shape index (κ3) is 5.89. The van der Waals surface area contributed by atoms with Gasteiger partial charge in [0.1, 0.15) is 6.54 Å². The van der Waals surface area contributed by atoms with Gasteiger partial charge in [-0.2, -0.15) is 0 Å². The predicted octanol–water partition coefficient (Wildman–Crippen LogP) is 1.81. The minimum atomic E-state index is -0.0241. The second kappa shape index (κ2) is 9.83. The SMILES string of the molecule is CC[NH+](CC(=O)Nc1ccc(OC)c(OC)c1)Cc1ccc(N(C)C)cc1. The van der Waals surface area contributed by atoms with Gasteiger partial charge in [-0.15, -0.1) is 0 Å². The molecule has 0 bridgehead atoms. The second-order valence-electron chi connectivity index (χ2n) is 6.64. The Morgan fingerprint density at radius 2 is 1.70 bits per heavy atom. The molecule has 6 heteroatoms. The number of anilines is 2. The van der Waals surface area contributed by atoms with E-state index in [1.165, 1.54) is 16.2 Å². The van der Waals surface area contributed by atoms with Crippen LogP contribution >= 0.6 is 0 Å². The van der Waals surface area contributed by atoms with E-state index in [1.807, 2.05) is 20.2 Å². The largest absolute Gasteiger partial charge is 0.493 e. The highest BCUT2D eigenvalue weighted by Gasteiger charge is 2.14. The van der Waals surface area contributed by atoms with Crippen LogP contribution in [0.25, 0.3) is 0 Å². The van der Waals surface area contributed by atoms with Gasteiger partial charge in [0.05, 0.1) is 20.8 Å². The Hall–Kier alpha value is -2.73. The molecule has 27 heavy (non-hydrogen) atoms. The molecule has 2 aromatic rings. The summed E-state index contributed by atoms with van der Waals surface area (Å²) in [6.45, 7) is 4.17. The van der Waals surface area contributed by atoms with Crippen molar-refractivity contribution in [1.29, 1.82) is 0 Å². The molecule has 146 valence electrons. The molecule has 0 spiro atoms. The number of methoxy groups -OCH3 is 2. The fourth-order valence-corrected chi connectivity index (χ4v) is 2.86. The van der Waals surface area contributed by atoms with Crippen LogP contribution in [0, 0.1) is 0 Å². The van der Waals surface area contributed by atoms with Crippen molar-refractivity contribution in [3.8, 4) is 11.5 Å². The number of ether oxygens (including phenoxy) is 2. The van der Waals surface area contributed by atoms with Crippen LogP contribution in [0.2, 0.25) is 0 Å². The number of likely N-dealkylation sites (N-methyl/N-ethyl adjacent to an activating group) is 1.